The maximum atomic E-state index is 14.1. The zero-order valence-corrected chi connectivity index (χ0v) is 24.4. The molecular formula is C31H31ClFN7O3. The number of aromatic carboxylic acids is 1. The van der Waals surface area contributed by atoms with Gasteiger partial charge in [-0.1, -0.05) is 17.7 Å². The molecule has 5 aromatic rings. The third kappa shape index (κ3) is 6.37. The Hall–Kier alpha value is -4.35. The van der Waals surface area contributed by atoms with Crippen LogP contribution < -0.4 is 4.74 Å². The molecule has 222 valence electrons. The Balaban J connectivity index is 1.14. The second-order valence-electron chi connectivity index (χ2n) is 10.6. The molecule has 12 heteroatoms. The Bertz CT molecular complexity index is 1760. The maximum Gasteiger partial charge on any atom is 0.335 e. The summed E-state index contributed by atoms with van der Waals surface area (Å²) in [6.07, 6.45) is 7.12. The molecule has 3 aromatic heterocycles. The summed E-state index contributed by atoms with van der Waals surface area (Å²) in [5.74, 6) is -0.271. The first kappa shape index (κ1) is 28.8. The summed E-state index contributed by atoms with van der Waals surface area (Å²) in [6.45, 7) is 5.74. The lowest BCUT2D eigenvalue weighted by Crippen LogP contribution is -2.33. The molecule has 1 saturated heterocycles. The normalized spacial score (nSPS) is 14.4. The van der Waals surface area contributed by atoms with Crippen molar-refractivity contribution in [3.63, 3.8) is 0 Å². The van der Waals surface area contributed by atoms with Crippen molar-refractivity contribution in [2.24, 2.45) is 0 Å². The molecule has 0 amide bonds. The van der Waals surface area contributed by atoms with Crippen LogP contribution in [0.3, 0.4) is 0 Å². The summed E-state index contributed by atoms with van der Waals surface area (Å²) in [4.78, 5) is 32.1. The van der Waals surface area contributed by atoms with E-state index in [1.54, 1.807) is 42.9 Å². The van der Waals surface area contributed by atoms with Gasteiger partial charge in [-0.15, -0.1) is 0 Å². The predicted octanol–water partition coefficient (Wildman–Crippen LogP) is 5.54. The molecule has 1 aliphatic rings. The summed E-state index contributed by atoms with van der Waals surface area (Å²) < 4.78 is 24.0. The summed E-state index contributed by atoms with van der Waals surface area (Å²) in [7, 11) is 0. The van der Waals surface area contributed by atoms with Gasteiger partial charge in [0.25, 0.3) is 0 Å². The molecule has 0 radical (unpaired) electrons. The number of nitrogens with zero attached hydrogens (tertiary/aromatic N) is 7. The molecule has 2 aromatic carbocycles. The van der Waals surface area contributed by atoms with Gasteiger partial charge in [-0.05, 0) is 69.3 Å². The lowest BCUT2D eigenvalue weighted by atomic mass is 9.93. The number of hydrogen-bond acceptors (Lipinski definition) is 7. The Morgan fingerprint density at radius 1 is 1.12 bits per heavy atom. The highest BCUT2D eigenvalue weighted by Gasteiger charge is 2.24. The van der Waals surface area contributed by atoms with Gasteiger partial charge in [0.1, 0.15) is 18.2 Å². The van der Waals surface area contributed by atoms with Crippen LogP contribution in [0.2, 0.25) is 5.02 Å². The number of carboxylic acids is 1. The molecule has 1 fully saturated rings. The van der Waals surface area contributed by atoms with Crippen LogP contribution in [0.1, 0.15) is 58.8 Å². The van der Waals surface area contributed by atoms with Crippen LogP contribution in [0.15, 0.2) is 61.2 Å². The second-order valence-corrected chi connectivity index (χ2v) is 11.1. The quantitative estimate of drug-likeness (QED) is 0.221. The lowest BCUT2D eigenvalue weighted by Gasteiger charge is -2.31. The van der Waals surface area contributed by atoms with Crippen LogP contribution in [-0.4, -0.2) is 58.1 Å². The number of piperidine rings is 1. The highest BCUT2D eigenvalue weighted by atomic mass is 35.5. The number of aryl methyl sites for hydroxylation is 1. The van der Waals surface area contributed by atoms with Crippen molar-refractivity contribution < 1.29 is 19.0 Å². The van der Waals surface area contributed by atoms with Gasteiger partial charge in [-0.25, -0.2) is 24.1 Å². The van der Waals surface area contributed by atoms with E-state index >= 15 is 0 Å². The Labute approximate surface area is 252 Å². The van der Waals surface area contributed by atoms with Crippen LogP contribution in [0.25, 0.3) is 11.0 Å². The topological polar surface area (TPSA) is 111 Å². The van der Waals surface area contributed by atoms with Gasteiger partial charge >= 0.3 is 12.0 Å². The number of ether oxygens (including phenoxy) is 1. The average molecular weight is 604 g/mol. The molecule has 0 unspecified atom stereocenters. The van der Waals surface area contributed by atoms with Crippen molar-refractivity contribution in [3.8, 4) is 6.01 Å². The van der Waals surface area contributed by atoms with E-state index in [2.05, 4.69) is 35.9 Å². The minimum Gasteiger partial charge on any atom is -0.478 e. The molecule has 0 atom stereocenters. The predicted molar refractivity (Wildman–Crippen MR) is 159 cm³/mol. The Morgan fingerprint density at radius 3 is 2.72 bits per heavy atom. The first-order valence-corrected chi connectivity index (χ1v) is 14.6. The molecule has 1 aliphatic heterocycles. The number of benzene rings is 2. The molecular weight excluding hydrogens is 573 g/mol. The van der Waals surface area contributed by atoms with Gasteiger partial charge in [-0.2, -0.15) is 4.98 Å². The third-order valence-corrected chi connectivity index (χ3v) is 8.17. The fraction of sp³-hybridized carbons (Fsp3) is 0.323. The first-order valence-electron chi connectivity index (χ1n) is 14.2. The van der Waals surface area contributed by atoms with E-state index in [1.807, 2.05) is 12.3 Å². The van der Waals surface area contributed by atoms with Gasteiger partial charge in [0.2, 0.25) is 0 Å². The van der Waals surface area contributed by atoms with E-state index < -0.39 is 11.8 Å². The van der Waals surface area contributed by atoms with Crippen molar-refractivity contribution in [3.05, 3.63) is 100 Å². The lowest BCUT2D eigenvalue weighted by molar-refractivity contribution is 0.0697. The number of halogens is 2. The van der Waals surface area contributed by atoms with E-state index in [1.165, 1.54) is 6.07 Å². The number of aromatic nitrogens is 6. The van der Waals surface area contributed by atoms with Crippen molar-refractivity contribution in [1.82, 2.24) is 34.0 Å². The molecule has 0 bridgehead atoms. The number of carbonyl (C=O) groups is 1. The fourth-order valence-electron chi connectivity index (χ4n) is 5.55. The Morgan fingerprint density at radius 2 is 1.95 bits per heavy atom. The van der Waals surface area contributed by atoms with Gasteiger partial charge in [0, 0.05) is 35.4 Å². The number of carboxylic acid groups (broad SMARTS) is 1. The van der Waals surface area contributed by atoms with Gasteiger partial charge in [-0.3, -0.25) is 4.90 Å². The number of fused-ring (bicyclic) bond motifs is 1. The SMILES string of the molecule is CCn1cncc1Cn1c(CN2CCC(c3ccnc(OCc4ccc(Cl)cc4F)n3)CC2)nc2ccc(C(=O)O)cc21. The Kier molecular flexibility index (Phi) is 8.35. The maximum absolute atomic E-state index is 14.1. The third-order valence-electron chi connectivity index (χ3n) is 7.93. The molecule has 0 aliphatic carbocycles. The minimum atomic E-state index is -0.965. The summed E-state index contributed by atoms with van der Waals surface area (Å²) in [6, 6.07) is 11.7. The fourth-order valence-corrected chi connectivity index (χ4v) is 5.71. The molecule has 43 heavy (non-hydrogen) atoms. The summed E-state index contributed by atoms with van der Waals surface area (Å²) >= 11 is 5.84. The summed E-state index contributed by atoms with van der Waals surface area (Å²) in [5, 5.41) is 9.92. The highest BCUT2D eigenvalue weighted by molar-refractivity contribution is 6.30. The van der Waals surface area contributed by atoms with Gasteiger partial charge < -0.3 is 19.0 Å². The molecule has 4 heterocycles. The standard InChI is InChI=1S/C31H31ClFN7O3/c1-2-39-19-34-15-24(39)16-40-28-13-21(30(41)42)4-6-27(28)36-29(40)17-38-11-8-20(9-12-38)26-7-10-35-31(37-26)43-18-22-3-5-23(32)14-25(22)33/h3-7,10,13-15,19-20H,2,8-9,11-12,16-18H2,1H3,(H,41,42). The van der Waals surface area contributed by atoms with Crippen molar-refractivity contribution in [2.45, 2.75) is 51.9 Å². The largest absolute Gasteiger partial charge is 0.478 e. The van der Waals surface area contributed by atoms with E-state index in [0.717, 1.165) is 60.7 Å². The average Bonchev–Trinajstić information content (AvgIpc) is 3.61. The van der Waals surface area contributed by atoms with E-state index in [-0.39, 0.29) is 24.1 Å². The number of rotatable bonds is 10. The number of likely N-dealkylation sites (tertiary alicyclic amines) is 1. The van der Waals surface area contributed by atoms with Crippen LogP contribution in [0.4, 0.5) is 4.39 Å². The zero-order chi connectivity index (χ0) is 29.9. The van der Waals surface area contributed by atoms with Crippen molar-refractivity contribution >= 4 is 28.6 Å². The minimum absolute atomic E-state index is 0.0128. The van der Waals surface area contributed by atoms with Crippen molar-refractivity contribution in [2.75, 3.05) is 13.1 Å². The molecule has 0 saturated carbocycles. The van der Waals surface area contributed by atoms with Gasteiger partial charge in [0.15, 0.2) is 0 Å². The molecule has 0 spiro atoms. The van der Waals surface area contributed by atoms with Crippen LogP contribution in [0.5, 0.6) is 6.01 Å². The molecule has 10 nitrogen and oxygen atoms in total. The van der Waals surface area contributed by atoms with Crippen LogP contribution >= 0.6 is 11.6 Å². The van der Waals surface area contributed by atoms with E-state index in [4.69, 9.17) is 21.3 Å². The molecule has 1 N–H and O–H groups in total. The second kappa shape index (κ2) is 12.5. The van der Waals surface area contributed by atoms with Crippen LogP contribution in [0, 0.1) is 5.82 Å². The number of imidazole rings is 2. The van der Waals surface area contributed by atoms with E-state index in [9.17, 15) is 14.3 Å². The summed E-state index contributed by atoms with van der Waals surface area (Å²) in [5.41, 5.74) is 4.11. The first-order chi connectivity index (χ1) is 20.9. The highest BCUT2D eigenvalue weighted by Crippen LogP contribution is 2.29. The zero-order valence-electron chi connectivity index (χ0n) is 23.7. The smallest absolute Gasteiger partial charge is 0.335 e. The van der Waals surface area contributed by atoms with Gasteiger partial charge in [0.05, 0.1) is 47.4 Å². The monoisotopic (exact) mass is 603 g/mol. The van der Waals surface area contributed by atoms with Crippen molar-refractivity contribution in [1.29, 1.82) is 0 Å². The molecule has 6 rings (SSSR count). The van der Waals surface area contributed by atoms with Crippen LogP contribution in [-0.2, 0) is 26.2 Å². The number of hydrogen-bond donors (Lipinski definition) is 1. The van der Waals surface area contributed by atoms with E-state index in [0.29, 0.717) is 23.7 Å².